The van der Waals surface area contributed by atoms with Gasteiger partial charge in [-0.05, 0) is 12.8 Å². The second-order valence-electron chi connectivity index (χ2n) is 3.99. The van der Waals surface area contributed by atoms with Gasteiger partial charge < -0.3 is 9.05 Å². The van der Waals surface area contributed by atoms with Gasteiger partial charge in [0.15, 0.2) is 0 Å². The Hall–Kier alpha value is -1.58. The van der Waals surface area contributed by atoms with Crippen molar-refractivity contribution in [3.63, 3.8) is 0 Å². The maximum absolute atomic E-state index is 4.90. The maximum Gasteiger partial charge on any atom is 0.124 e. The summed E-state index contributed by atoms with van der Waals surface area (Å²) < 4.78 is 9.80. The van der Waals surface area contributed by atoms with Crippen molar-refractivity contribution in [1.82, 2.24) is 10.3 Å². The minimum Gasteiger partial charge on any atom is -0.365 e. The number of rotatable bonds is 2. The van der Waals surface area contributed by atoms with E-state index in [0.717, 1.165) is 24.2 Å². The Labute approximate surface area is 87.2 Å². The Balaban J connectivity index is 1.90. The molecule has 0 N–H and O–H groups in total. The summed E-state index contributed by atoms with van der Waals surface area (Å²) >= 11 is 0. The van der Waals surface area contributed by atoms with E-state index in [-0.39, 0.29) is 0 Å². The molecule has 0 radical (unpaired) electrons. The molecule has 3 rings (SSSR count). The van der Waals surface area contributed by atoms with Crippen LogP contribution in [0.4, 0.5) is 0 Å². The molecule has 2 heterocycles. The van der Waals surface area contributed by atoms with Crippen molar-refractivity contribution in [2.75, 3.05) is 0 Å². The van der Waals surface area contributed by atoms with Gasteiger partial charge in [0.2, 0.25) is 0 Å². The van der Waals surface area contributed by atoms with Crippen LogP contribution in [0.2, 0.25) is 0 Å². The van der Waals surface area contributed by atoms with E-state index in [1.165, 1.54) is 6.42 Å². The maximum atomic E-state index is 4.90. The molecule has 2 unspecified atom stereocenters. The highest BCUT2D eigenvalue weighted by atomic mass is 16.5. The SMILES string of the molecule is c1cc(C2CCCC2c2ccon2)no1. The highest BCUT2D eigenvalue weighted by molar-refractivity contribution is 5.18. The molecule has 0 bridgehead atoms. The fourth-order valence-corrected chi connectivity index (χ4v) is 2.49. The second-order valence-corrected chi connectivity index (χ2v) is 3.99. The average Bonchev–Trinajstić information content (AvgIpc) is 3.01. The quantitative estimate of drug-likeness (QED) is 0.754. The summed E-state index contributed by atoms with van der Waals surface area (Å²) in [4.78, 5) is 0. The van der Waals surface area contributed by atoms with Gasteiger partial charge in [-0.25, -0.2) is 0 Å². The van der Waals surface area contributed by atoms with Crippen LogP contribution in [0.3, 0.4) is 0 Å². The van der Waals surface area contributed by atoms with E-state index >= 15 is 0 Å². The Kier molecular flexibility index (Phi) is 2.05. The van der Waals surface area contributed by atoms with Gasteiger partial charge in [-0.1, -0.05) is 16.7 Å². The zero-order valence-electron chi connectivity index (χ0n) is 8.30. The van der Waals surface area contributed by atoms with Crippen LogP contribution >= 0.6 is 0 Å². The molecule has 2 aromatic rings. The first kappa shape index (κ1) is 8.71. The summed E-state index contributed by atoms with van der Waals surface area (Å²) in [7, 11) is 0. The van der Waals surface area contributed by atoms with Gasteiger partial charge in [-0.3, -0.25) is 0 Å². The largest absolute Gasteiger partial charge is 0.365 e. The normalized spacial score (nSPS) is 25.9. The van der Waals surface area contributed by atoms with Crippen molar-refractivity contribution in [1.29, 1.82) is 0 Å². The molecule has 1 aliphatic rings. The molecule has 0 aliphatic heterocycles. The summed E-state index contributed by atoms with van der Waals surface area (Å²) in [5, 5.41) is 8.05. The number of aromatic nitrogens is 2. The van der Waals surface area contributed by atoms with Crippen molar-refractivity contribution < 1.29 is 9.05 Å². The number of hydrogen-bond acceptors (Lipinski definition) is 4. The molecule has 1 aliphatic carbocycles. The molecule has 1 saturated carbocycles. The van der Waals surface area contributed by atoms with Crippen molar-refractivity contribution in [2.45, 2.75) is 31.1 Å². The van der Waals surface area contributed by atoms with E-state index in [9.17, 15) is 0 Å². The van der Waals surface area contributed by atoms with Gasteiger partial charge in [0.25, 0.3) is 0 Å². The predicted molar refractivity (Wildman–Crippen MR) is 52.3 cm³/mol. The van der Waals surface area contributed by atoms with Crippen molar-refractivity contribution >= 4 is 0 Å². The third-order valence-corrected chi connectivity index (χ3v) is 3.19. The van der Waals surface area contributed by atoms with E-state index in [1.807, 2.05) is 12.1 Å². The van der Waals surface area contributed by atoms with Gasteiger partial charge in [0, 0.05) is 24.0 Å². The molecule has 1 fully saturated rings. The monoisotopic (exact) mass is 204 g/mol. The minimum atomic E-state index is 0.439. The smallest absolute Gasteiger partial charge is 0.124 e. The molecule has 2 atom stereocenters. The Morgan fingerprint density at radius 3 is 1.87 bits per heavy atom. The van der Waals surface area contributed by atoms with Gasteiger partial charge in [0.1, 0.15) is 12.5 Å². The zero-order valence-corrected chi connectivity index (χ0v) is 8.30. The first-order valence-corrected chi connectivity index (χ1v) is 5.25. The topological polar surface area (TPSA) is 52.1 Å². The molecule has 0 saturated heterocycles. The molecule has 0 amide bonds. The van der Waals surface area contributed by atoms with Crippen molar-refractivity contribution in [3.8, 4) is 0 Å². The number of nitrogens with zero attached hydrogens (tertiary/aromatic N) is 2. The molecule has 4 heteroatoms. The highest BCUT2D eigenvalue weighted by Gasteiger charge is 2.33. The van der Waals surface area contributed by atoms with Gasteiger partial charge in [0.05, 0.1) is 11.4 Å². The molecule has 0 aromatic carbocycles. The van der Waals surface area contributed by atoms with Crippen LogP contribution < -0.4 is 0 Å². The van der Waals surface area contributed by atoms with E-state index in [2.05, 4.69) is 10.3 Å². The van der Waals surface area contributed by atoms with Gasteiger partial charge in [-0.2, -0.15) is 0 Å². The third-order valence-electron chi connectivity index (χ3n) is 3.19. The second kappa shape index (κ2) is 3.53. The van der Waals surface area contributed by atoms with E-state index in [4.69, 9.17) is 9.05 Å². The fourth-order valence-electron chi connectivity index (χ4n) is 2.49. The van der Waals surface area contributed by atoms with Crippen LogP contribution in [-0.4, -0.2) is 10.3 Å². The summed E-state index contributed by atoms with van der Waals surface area (Å²) in [5.74, 6) is 0.877. The molecular formula is C11H12N2O2. The number of hydrogen-bond donors (Lipinski definition) is 0. The summed E-state index contributed by atoms with van der Waals surface area (Å²) in [5.41, 5.74) is 2.08. The first-order valence-electron chi connectivity index (χ1n) is 5.25. The molecule has 2 aromatic heterocycles. The highest BCUT2D eigenvalue weighted by Crippen LogP contribution is 2.44. The van der Waals surface area contributed by atoms with Gasteiger partial charge >= 0.3 is 0 Å². The van der Waals surface area contributed by atoms with Crippen molar-refractivity contribution in [3.05, 3.63) is 36.0 Å². The predicted octanol–water partition coefficient (Wildman–Crippen LogP) is 2.71. The van der Waals surface area contributed by atoms with Crippen LogP contribution in [0, 0.1) is 0 Å². The Bertz CT molecular complexity index is 367. The lowest BCUT2D eigenvalue weighted by molar-refractivity contribution is 0.389. The van der Waals surface area contributed by atoms with Gasteiger partial charge in [-0.15, -0.1) is 0 Å². The lowest BCUT2D eigenvalue weighted by Gasteiger charge is -2.13. The molecular weight excluding hydrogens is 192 g/mol. The summed E-state index contributed by atoms with van der Waals surface area (Å²) in [6.07, 6.45) is 6.80. The van der Waals surface area contributed by atoms with E-state index in [0.29, 0.717) is 11.8 Å². The van der Waals surface area contributed by atoms with Crippen molar-refractivity contribution in [2.24, 2.45) is 0 Å². The van der Waals surface area contributed by atoms with Crippen LogP contribution in [0.25, 0.3) is 0 Å². The molecule has 78 valence electrons. The van der Waals surface area contributed by atoms with Crippen LogP contribution in [0.1, 0.15) is 42.5 Å². The lowest BCUT2D eigenvalue weighted by Crippen LogP contribution is -2.05. The van der Waals surface area contributed by atoms with E-state index < -0.39 is 0 Å². The molecule has 15 heavy (non-hydrogen) atoms. The minimum absolute atomic E-state index is 0.439. The van der Waals surface area contributed by atoms with Crippen LogP contribution in [0.15, 0.2) is 33.7 Å². The molecule has 0 spiro atoms. The standard InChI is InChI=1S/C11H12N2O2/c1-2-8(10-4-6-14-12-10)9(3-1)11-5-7-15-13-11/h4-9H,1-3H2. The average molecular weight is 204 g/mol. The Morgan fingerprint density at radius 1 is 0.933 bits per heavy atom. The fraction of sp³-hybridized carbons (Fsp3) is 0.455. The van der Waals surface area contributed by atoms with Crippen LogP contribution in [0.5, 0.6) is 0 Å². The van der Waals surface area contributed by atoms with E-state index in [1.54, 1.807) is 12.5 Å². The summed E-state index contributed by atoms with van der Waals surface area (Å²) in [6, 6.07) is 3.89. The zero-order chi connectivity index (χ0) is 10.1. The first-order chi connectivity index (χ1) is 7.45. The Morgan fingerprint density at radius 2 is 1.47 bits per heavy atom. The summed E-state index contributed by atoms with van der Waals surface area (Å²) in [6.45, 7) is 0. The van der Waals surface area contributed by atoms with Crippen LogP contribution in [-0.2, 0) is 0 Å². The molecule has 4 nitrogen and oxygen atoms in total. The third kappa shape index (κ3) is 1.46. The lowest BCUT2D eigenvalue weighted by atomic mass is 9.90.